The standard InChI is InChI=1S/C13H26N2O/c1-10(13(5,6)7)15-11(16)8-14-9-12(2,3)4/h14H,1,8-9H2,2-7H3,(H,15,16). The van der Waals surface area contributed by atoms with Gasteiger partial charge < -0.3 is 10.6 Å². The Morgan fingerprint density at radius 3 is 2.00 bits per heavy atom. The Morgan fingerprint density at radius 2 is 1.62 bits per heavy atom. The van der Waals surface area contributed by atoms with Crippen LogP contribution in [0, 0.1) is 10.8 Å². The minimum atomic E-state index is -0.0836. The third-order valence-electron chi connectivity index (χ3n) is 2.14. The molecule has 1 amide bonds. The fraction of sp³-hybridized carbons (Fsp3) is 0.769. The molecule has 0 fully saturated rings. The van der Waals surface area contributed by atoms with Gasteiger partial charge in [0.15, 0.2) is 0 Å². The summed E-state index contributed by atoms with van der Waals surface area (Å²) in [6.45, 7) is 17.5. The van der Waals surface area contributed by atoms with Gasteiger partial charge in [0.2, 0.25) is 5.91 Å². The van der Waals surface area contributed by atoms with Crippen LogP contribution in [-0.2, 0) is 4.79 Å². The molecule has 0 saturated carbocycles. The van der Waals surface area contributed by atoms with Crippen molar-refractivity contribution in [3.05, 3.63) is 12.3 Å². The number of hydrogen-bond acceptors (Lipinski definition) is 2. The third-order valence-corrected chi connectivity index (χ3v) is 2.14. The van der Waals surface area contributed by atoms with E-state index in [4.69, 9.17) is 0 Å². The summed E-state index contributed by atoms with van der Waals surface area (Å²) in [5, 5.41) is 5.94. The molecule has 0 aliphatic heterocycles. The zero-order valence-corrected chi connectivity index (χ0v) is 11.5. The van der Waals surface area contributed by atoms with Crippen LogP contribution < -0.4 is 10.6 Å². The first kappa shape index (κ1) is 15.2. The van der Waals surface area contributed by atoms with Crippen LogP contribution in [0.2, 0.25) is 0 Å². The van der Waals surface area contributed by atoms with E-state index in [1.54, 1.807) is 0 Å². The number of carbonyl (C=O) groups excluding carboxylic acids is 1. The number of amides is 1. The summed E-state index contributed by atoms with van der Waals surface area (Å²) in [7, 11) is 0. The molecule has 0 unspecified atom stereocenters. The Morgan fingerprint density at radius 1 is 1.12 bits per heavy atom. The van der Waals surface area contributed by atoms with E-state index < -0.39 is 0 Å². The van der Waals surface area contributed by atoms with Gasteiger partial charge in [-0.2, -0.15) is 0 Å². The molecule has 0 saturated heterocycles. The van der Waals surface area contributed by atoms with Crippen molar-refractivity contribution >= 4 is 5.91 Å². The van der Waals surface area contributed by atoms with Crippen LogP contribution in [0.4, 0.5) is 0 Å². The Hall–Kier alpha value is -0.830. The van der Waals surface area contributed by atoms with E-state index in [1.807, 2.05) is 20.8 Å². The van der Waals surface area contributed by atoms with Crippen molar-refractivity contribution in [2.75, 3.05) is 13.1 Å². The molecule has 0 bridgehead atoms. The molecule has 3 nitrogen and oxygen atoms in total. The molecule has 0 aromatic heterocycles. The molecule has 0 aliphatic rings. The van der Waals surface area contributed by atoms with Crippen molar-refractivity contribution in [1.82, 2.24) is 10.6 Å². The van der Waals surface area contributed by atoms with Crippen molar-refractivity contribution in [2.24, 2.45) is 10.8 Å². The predicted molar refractivity (Wildman–Crippen MR) is 69.1 cm³/mol. The fourth-order valence-corrected chi connectivity index (χ4v) is 0.951. The van der Waals surface area contributed by atoms with Gasteiger partial charge in [0.1, 0.15) is 0 Å². The van der Waals surface area contributed by atoms with Crippen molar-refractivity contribution in [3.63, 3.8) is 0 Å². The topological polar surface area (TPSA) is 41.1 Å². The first-order valence-electron chi connectivity index (χ1n) is 5.72. The largest absolute Gasteiger partial charge is 0.329 e. The van der Waals surface area contributed by atoms with Crippen LogP contribution in [0.5, 0.6) is 0 Å². The summed E-state index contributed by atoms with van der Waals surface area (Å²) < 4.78 is 0. The molecule has 0 aromatic rings. The zero-order valence-electron chi connectivity index (χ0n) is 11.5. The second-order valence-corrected chi connectivity index (χ2v) is 6.44. The van der Waals surface area contributed by atoms with Crippen molar-refractivity contribution in [2.45, 2.75) is 41.5 Å². The Kier molecular flexibility index (Phi) is 5.20. The summed E-state index contributed by atoms with van der Waals surface area (Å²) in [5.41, 5.74) is 0.871. The summed E-state index contributed by atoms with van der Waals surface area (Å²) in [5.74, 6) is -0.0239. The van der Waals surface area contributed by atoms with Gasteiger partial charge in [-0.15, -0.1) is 0 Å². The summed E-state index contributed by atoms with van der Waals surface area (Å²) in [4.78, 5) is 11.6. The number of rotatable bonds is 4. The normalized spacial score (nSPS) is 12.4. The van der Waals surface area contributed by atoms with E-state index in [9.17, 15) is 4.79 Å². The summed E-state index contributed by atoms with van der Waals surface area (Å²) in [6, 6.07) is 0. The van der Waals surface area contributed by atoms with Gasteiger partial charge in [-0.1, -0.05) is 48.1 Å². The van der Waals surface area contributed by atoms with Gasteiger partial charge >= 0.3 is 0 Å². The first-order valence-corrected chi connectivity index (χ1v) is 5.72. The lowest BCUT2D eigenvalue weighted by Crippen LogP contribution is -2.38. The molecule has 0 aromatic carbocycles. The summed E-state index contributed by atoms with van der Waals surface area (Å²) >= 11 is 0. The molecule has 0 heterocycles. The second kappa shape index (κ2) is 5.48. The van der Waals surface area contributed by atoms with Crippen LogP contribution in [0.25, 0.3) is 0 Å². The third kappa shape index (κ3) is 7.46. The molecule has 0 aliphatic carbocycles. The molecule has 3 heteroatoms. The molecular weight excluding hydrogens is 200 g/mol. The van der Waals surface area contributed by atoms with Crippen LogP contribution in [0.1, 0.15) is 41.5 Å². The Bertz CT molecular complexity index is 256. The molecule has 0 radical (unpaired) electrons. The molecule has 2 N–H and O–H groups in total. The van der Waals surface area contributed by atoms with E-state index in [2.05, 4.69) is 38.0 Å². The number of carbonyl (C=O) groups is 1. The minimum absolute atomic E-state index is 0.0239. The number of hydrogen-bond donors (Lipinski definition) is 2. The van der Waals surface area contributed by atoms with Gasteiger partial charge in [0.25, 0.3) is 0 Å². The van der Waals surface area contributed by atoms with E-state index in [0.29, 0.717) is 6.54 Å². The Labute approximate surface area is 99.7 Å². The van der Waals surface area contributed by atoms with E-state index >= 15 is 0 Å². The second-order valence-electron chi connectivity index (χ2n) is 6.44. The van der Waals surface area contributed by atoms with Crippen LogP contribution in [-0.4, -0.2) is 19.0 Å². The first-order chi connectivity index (χ1) is 7.02. The lowest BCUT2D eigenvalue weighted by atomic mass is 9.93. The smallest absolute Gasteiger partial charge is 0.238 e. The predicted octanol–water partition coefficient (Wildman–Crippen LogP) is 2.30. The lowest BCUT2D eigenvalue weighted by Gasteiger charge is -2.23. The molecule has 0 spiro atoms. The highest BCUT2D eigenvalue weighted by Crippen LogP contribution is 2.20. The maximum absolute atomic E-state index is 11.6. The highest BCUT2D eigenvalue weighted by molar-refractivity contribution is 5.79. The maximum atomic E-state index is 11.6. The SMILES string of the molecule is C=C(NC(=O)CNCC(C)(C)C)C(C)(C)C. The van der Waals surface area contributed by atoms with Crippen LogP contribution in [0.3, 0.4) is 0 Å². The number of allylic oxidation sites excluding steroid dienone is 1. The molecule has 94 valence electrons. The molecule has 0 atom stereocenters. The lowest BCUT2D eigenvalue weighted by molar-refractivity contribution is -0.119. The van der Waals surface area contributed by atoms with Gasteiger partial charge in [-0.05, 0) is 5.41 Å². The van der Waals surface area contributed by atoms with Gasteiger partial charge in [0, 0.05) is 17.7 Å². The van der Waals surface area contributed by atoms with Crippen LogP contribution >= 0.6 is 0 Å². The van der Waals surface area contributed by atoms with Gasteiger partial charge in [0.05, 0.1) is 6.54 Å². The van der Waals surface area contributed by atoms with E-state index in [1.165, 1.54) is 0 Å². The average molecular weight is 226 g/mol. The monoisotopic (exact) mass is 226 g/mol. The molecular formula is C13H26N2O. The van der Waals surface area contributed by atoms with E-state index in [0.717, 1.165) is 12.2 Å². The highest BCUT2D eigenvalue weighted by atomic mass is 16.1. The minimum Gasteiger partial charge on any atom is -0.329 e. The Balaban J connectivity index is 3.89. The quantitative estimate of drug-likeness (QED) is 0.772. The zero-order chi connectivity index (χ0) is 13.0. The van der Waals surface area contributed by atoms with Crippen molar-refractivity contribution in [1.29, 1.82) is 0 Å². The fourth-order valence-electron chi connectivity index (χ4n) is 0.951. The molecule has 16 heavy (non-hydrogen) atoms. The average Bonchev–Trinajstić information content (AvgIpc) is 1.99. The van der Waals surface area contributed by atoms with Crippen LogP contribution in [0.15, 0.2) is 12.3 Å². The van der Waals surface area contributed by atoms with Gasteiger partial charge in [-0.3, -0.25) is 4.79 Å². The van der Waals surface area contributed by atoms with Crippen molar-refractivity contribution < 1.29 is 4.79 Å². The van der Waals surface area contributed by atoms with E-state index in [-0.39, 0.29) is 16.7 Å². The van der Waals surface area contributed by atoms with Gasteiger partial charge in [-0.25, -0.2) is 0 Å². The number of nitrogens with one attached hydrogen (secondary N) is 2. The highest BCUT2D eigenvalue weighted by Gasteiger charge is 2.17. The van der Waals surface area contributed by atoms with Crippen molar-refractivity contribution in [3.8, 4) is 0 Å². The summed E-state index contributed by atoms with van der Waals surface area (Å²) in [6.07, 6.45) is 0. The maximum Gasteiger partial charge on any atom is 0.238 e. The molecule has 0 rings (SSSR count).